The average Bonchev–Trinajstić information content (AvgIpc) is 2.55. The molecule has 0 bridgehead atoms. The number of hydrogen-bond acceptors (Lipinski definition) is 2. The summed E-state index contributed by atoms with van der Waals surface area (Å²) in [5.41, 5.74) is 0.245. The third-order valence-electron chi connectivity index (χ3n) is 3.85. The highest BCUT2D eigenvalue weighted by atomic mass is 32.1. The van der Waals surface area contributed by atoms with Crippen molar-refractivity contribution in [2.75, 3.05) is 6.54 Å². The largest absolute Gasteiger partial charge is 0.307 e. The van der Waals surface area contributed by atoms with Gasteiger partial charge in [-0.15, -0.1) is 11.3 Å². The summed E-state index contributed by atoms with van der Waals surface area (Å²) in [6.45, 7) is 8.09. The summed E-state index contributed by atoms with van der Waals surface area (Å²) in [5.74, 6) is 0.670. The summed E-state index contributed by atoms with van der Waals surface area (Å²) in [6, 6.07) is 4.59. The molecule has 90 valence electrons. The van der Waals surface area contributed by atoms with Crippen molar-refractivity contribution in [3.05, 3.63) is 21.9 Å². The predicted octanol–water partition coefficient (Wildman–Crippen LogP) is 4.07. The van der Waals surface area contributed by atoms with Gasteiger partial charge in [-0.05, 0) is 44.4 Å². The van der Waals surface area contributed by atoms with Crippen molar-refractivity contribution in [1.29, 1.82) is 0 Å². The minimum atomic E-state index is 0.245. The third kappa shape index (κ3) is 2.18. The lowest BCUT2D eigenvalue weighted by Crippen LogP contribution is -2.45. The number of thiophene rings is 1. The molecule has 16 heavy (non-hydrogen) atoms. The molecule has 1 N–H and O–H groups in total. The first kappa shape index (κ1) is 12.1. The number of hydrogen-bond donors (Lipinski definition) is 1. The molecular formula is C14H23NS. The maximum Gasteiger partial charge on any atom is 0.0552 e. The van der Waals surface area contributed by atoms with Gasteiger partial charge in [-0.3, -0.25) is 0 Å². The molecule has 0 radical (unpaired) electrons. The van der Waals surface area contributed by atoms with Gasteiger partial charge in [0.1, 0.15) is 0 Å². The van der Waals surface area contributed by atoms with E-state index in [1.165, 1.54) is 37.1 Å². The van der Waals surface area contributed by atoms with Gasteiger partial charge < -0.3 is 5.32 Å². The second kappa shape index (κ2) is 4.89. The van der Waals surface area contributed by atoms with Crippen molar-refractivity contribution in [3.8, 4) is 0 Å². The van der Waals surface area contributed by atoms with E-state index in [4.69, 9.17) is 0 Å². The predicted molar refractivity (Wildman–Crippen MR) is 72.0 cm³/mol. The van der Waals surface area contributed by atoms with Gasteiger partial charge in [-0.1, -0.05) is 26.7 Å². The van der Waals surface area contributed by atoms with E-state index in [1.54, 1.807) is 4.88 Å². The molecule has 2 heterocycles. The fourth-order valence-electron chi connectivity index (χ4n) is 2.77. The van der Waals surface area contributed by atoms with Crippen LogP contribution in [0.4, 0.5) is 0 Å². The molecule has 1 saturated heterocycles. The molecule has 2 rings (SSSR count). The topological polar surface area (TPSA) is 12.0 Å². The summed E-state index contributed by atoms with van der Waals surface area (Å²) >= 11 is 1.97. The molecule has 1 aromatic heterocycles. The third-order valence-corrected chi connectivity index (χ3v) is 5.03. The van der Waals surface area contributed by atoms with Crippen LogP contribution in [0, 0.1) is 12.8 Å². The molecule has 1 aliphatic heterocycles. The van der Waals surface area contributed by atoms with Crippen LogP contribution in [-0.2, 0) is 5.54 Å². The van der Waals surface area contributed by atoms with Crippen molar-refractivity contribution >= 4 is 11.3 Å². The lowest BCUT2D eigenvalue weighted by Gasteiger charge is -2.37. The van der Waals surface area contributed by atoms with Crippen molar-refractivity contribution in [3.63, 3.8) is 0 Å². The highest BCUT2D eigenvalue weighted by Gasteiger charge is 2.36. The molecule has 2 heteroatoms. The van der Waals surface area contributed by atoms with Crippen molar-refractivity contribution in [1.82, 2.24) is 5.32 Å². The molecular weight excluding hydrogens is 214 g/mol. The quantitative estimate of drug-likeness (QED) is 0.817. The molecule has 1 fully saturated rings. The van der Waals surface area contributed by atoms with Crippen LogP contribution in [0.5, 0.6) is 0 Å². The highest BCUT2D eigenvalue weighted by molar-refractivity contribution is 7.12. The summed E-state index contributed by atoms with van der Waals surface area (Å²) in [4.78, 5) is 2.97. The van der Waals surface area contributed by atoms with Crippen LogP contribution in [0.15, 0.2) is 12.1 Å². The molecule has 0 spiro atoms. The zero-order chi connectivity index (χ0) is 11.6. The zero-order valence-electron chi connectivity index (χ0n) is 10.7. The Kier molecular flexibility index (Phi) is 3.70. The SMILES string of the molecule is Cc1ccc(C2(C(C)C)CCCCCN2)s1. The Balaban J connectivity index is 2.33. The molecule has 1 unspecified atom stereocenters. The van der Waals surface area contributed by atoms with E-state index in [0.29, 0.717) is 5.92 Å². The van der Waals surface area contributed by atoms with Gasteiger partial charge in [0.05, 0.1) is 5.54 Å². The Morgan fingerprint density at radius 3 is 2.69 bits per heavy atom. The van der Waals surface area contributed by atoms with Gasteiger partial charge >= 0.3 is 0 Å². The Labute approximate surface area is 103 Å². The summed E-state index contributed by atoms with van der Waals surface area (Å²) in [5, 5.41) is 3.83. The summed E-state index contributed by atoms with van der Waals surface area (Å²) < 4.78 is 0. The van der Waals surface area contributed by atoms with Gasteiger partial charge in [-0.25, -0.2) is 0 Å². The van der Waals surface area contributed by atoms with E-state index in [-0.39, 0.29) is 5.54 Å². The number of rotatable bonds is 2. The normalized spacial score (nSPS) is 27.0. The summed E-state index contributed by atoms with van der Waals surface area (Å²) in [6.07, 6.45) is 5.37. The van der Waals surface area contributed by atoms with Crippen LogP contribution in [0.1, 0.15) is 49.3 Å². The molecule has 1 nitrogen and oxygen atoms in total. The van der Waals surface area contributed by atoms with Gasteiger partial charge in [0.15, 0.2) is 0 Å². The first-order chi connectivity index (χ1) is 7.65. The number of nitrogens with one attached hydrogen (secondary N) is 1. The smallest absolute Gasteiger partial charge is 0.0552 e. The van der Waals surface area contributed by atoms with E-state index in [2.05, 4.69) is 38.2 Å². The van der Waals surface area contributed by atoms with Crippen molar-refractivity contribution < 1.29 is 0 Å². The molecule has 0 saturated carbocycles. The second-order valence-electron chi connectivity index (χ2n) is 5.27. The van der Waals surface area contributed by atoms with Crippen molar-refractivity contribution in [2.24, 2.45) is 5.92 Å². The Hall–Kier alpha value is -0.340. The van der Waals surface area contributed by atoms with E-state index in [1.807, 2.05) is 11.3 Å². The number of aryl methyl sites for hydroxylation is 1. The lowest BCUT2D eigenvalue weighted by molar-refractivity contribution is 0.236. The summed E-state index contributed by atoms with van der Waals surface area (Å²) in [7, 11) is 0. The highest BCUT2D eigenvalue weighted by Crippen LogP contribution is 2.39. The minimum absolute atomic E-state index is 0.245. The average molecular weight is 237 g/mol. The molecule has 0 amide bonds. The Morgan fingerprint density at radius 1 is 1.25 bits per heavy atom. The Morgan fingerprint density at radius 2 is 2.06 bits per heavy atom. The van der Waals surface area contributed by atoms with Gasteiger partial charge in [0, 0.05) is 9.75 Å². The zero-order valence-corrected chi connectivity index (χ0v) is 11.5. The maximum absolute atomic E-state index is 3.83. The van der Waals surface area contributed by atoms with Crippen LogP contribution in [0.3, 0.4) is 0 Å². The molecule has 0 aliphatic carbocycles. The monoisotopic (exact) mass is 237 g/mol. The van der Waals surface area contributed by atoms with Crippen LogP contribution in [0.25, 0.3) is 0 Å². The van der Waals surface area contributed by atoms with E-state index in [0.717, 1.165) is 0 Å². The van der Waals surface area contributed by atoms with Crippen LogP contribution < -0.4 is 5.32 Å². The van der Waals surface area contributed by atoms with Crippen LogP contribution >= 0.6 is 11.3 Å². The van der Waals surface area contributed by atoms with Gasteiger partial charge in [-0.2, -0.15) is 0 Å². The first-order valence-corrected chi connectivity index (χ1v) is 7.29. The first-order valence-electron chi connectivity index (χ1n) is 6.47. The van der Waals surface area contributed by atoms with E-state index < -0.39 is 0 Å². The molecule has 0 aromatic carbocycles. The van der Waals surface area contributed by atoms with Crippen LogP contribution in [-0.4, -0.2) is 6.54 Å². The van der Waals surface area contributed by atoms with Gasteiger partial charge in [0.2, 0.25) is 0 Å². The van der Waals surface area contributed by atoms with Gasteiger partial charge in [0.25, 0.3) is 0 Å². The van der Waals surface area contributed by atoms with Crippen molar-refractivity contribution in [2.45, 2.75) is 52.0 Å². The minimum Gasteiger partial charge on any atom is -0.307 e. The fourth-order valence-corrected chi connectivity index (χ4v) is 3.98. The fraction of sp³-hybridized carbons (Fsp3) is 0.714. The maximum atomic E-state index is 3.83. The van der Waals surface area contributed by atoms with E-state index in [9.17, 15) is 0 Å². The van der Waals surface area contributed by atoms with E-state index >= 15 is 0 Å². The lowest BCUT2D eigenvalue weighted by atomic mass is 9.81. The standard InChI is InChI=1S/C14H23NS/c1-11(2)14(9-5-4-6-10-15-14)13-8-7-12(3)16-13/h7-8,11,15H,4-6,9-10H2,1-3H3. The second-order valence-corrected chi connectivity index (χ2v) is 6.56. The molecule has 1 atom stereocenters. The molecule has 1 aromatic rings. The molecule has 1 aliphatic rings. The van der Waals surface area contributed by atoms with Crippen LogP contribution in [0.2, 0.25) is 0 Å². The Bertz CT molecular complexity index is 332.